The molecule has 2 aromatic rings. The van der Waals surface area contributed by atoms with Gasteiger partial charge < -0.3 is 14.8 Å². The van der Waals surface area contributed by atoms with Crippen LogP contribution in [0.25, 0.3) is 5.69 Å². The predicted molar refractivity (Wildman–Crippen MR) is 74.3 cm³/mol. The first-order valence-electron chi connectivity index (χ1n) is 6.50. The molecule has 1 heterocycles. The maximum atomic E-state index is 5.36. The zero-order chi connectivity index (χ0) is 14.4. The largest absolute Gasteiger partial charge is 0.497 e. The quantitative estimate of drug-likeness (QED) is 0.766. The van der Waals surface area contributed by atoms with Crippen molar-refractivity contribution in [3.63, 3.8) is 0 Å². The van der Waals surface area contributed by atoms with E-state index in [9.17, 15) is 0 Å². The van der Waals surface area contributed by atoms with Crippen molar-refractivity contribution in [2.45, 2.75) is 19.9 Å². The van der Waals surface area contributed by atoms with Crippen LogP contribution in [0.5, 0.6) is 11.5 Å². The van der Waals surface area contributed by atoms with Gasteiger partial charge in [0.05, 0.1) is 20.8 Å². The summed E-state index contributed by atoms with van der Waals surface area (Å²) in [5, 5.41) is 15.1. The number of rotatable bonds is 7. The molecule has 0 bridgehead atoms. The highest BCUT2D eigenvalue weighted by Gasteiger charge is 2.13. The second-order valence-electron chi connectivity index (χ2n) is 4.22. The number of nitrogens with one attached hydrogen (secondary N) is 1. The first kappa shape index (κ1) is 14.3. The van der Waals surface area contributed by atoms with E-state index in [1.54, 1.807) is 18.9 Å². The van der Waals surface area contributed by atoms with Crippen LogP contribution in [-0.2, 0) is 6.54 Å². The summed E-state index contributed by atoms with van der Waals surface area (Å²) in [6, 6.07) is 5.51. The summed E-state index contributed by atoms with van der Waals surface area (Å²) in [6.07, 6.45) is 1.06. The highest BCUT2D eigenvalue weighted by atomic mass is 16.5. The summed E-state index contributed by atoms with van der Waals surface area (Å²) in [6.45, 7) is 3.63. The van der Waals surface area contributed by atoms with Crippen molar-refractivity contribution in [3.8, 4) is 17.2 Å². The summed E-state index contributed by atoms with van der Waals surface area (Å²) in [5.74, 6) is 2.14. The van der Waals surface area contributed by atoms with Gasteiger partial charge in [0.25, 0.3) is 0 Å². The van der Waals surface area contributed by atoms with E-state index < -0.39 is 0 Å². The normalized spacial score (nSPS) is 10.6. The minimum Gasteiger partial charge on any atom is -0.497 e. The van der Waals surface area contributed by atoms with E-state index >= 15 is 0 Å². The van der Waals surface area contributed by atoms with Crippen molar-refractivity contribution in [1.29, 1.82) is 0 Å². The van der Waals surface area contributed by atoms with Crippen molar-refractivity contribution in [2.24, 2.45) is 0 Å². The van der Waals surface area contributed by atoms with Gasteiger partial charge in [-0.05, 0) is 35.5 Å². The number of tetrazole rings is 1. The Morgan fingerprint density at radius 1 is 1.25 bits per heavy atom. The van der Waals surface area contributed by atoms with Gasteiger partial charge >= 0.3 is 0 Å². The molecule has 1 aromatic carbocycles. The smallest absolute Gasteiger partial charge is 0.170 e. The molecule has 0 aliphatic heterocycles. The molecule has 7 nitrogen and oxygen atoms in total. The molecule has 0 aliphatic carbocycles. The summed E-state index contributed by atoms with van der Waals surface area (Å²) in [7, 11) is 3.24. The summed E-state index contributed by atoms with van der Waals surface area (Å²) >= 11 is 0. The van der Waals surface area contributed by atoms with Crippen molar-refractivity contribution in [1.82, 2.24) is 25.5 Å². The fourth-order valence-corrected chi connectivity index (χ4v) is 1.84. The molecule has 0 atom stereocenters. The number of aromatic nitrogens is 4. The number of ether oxygens (including phenoxy) is 2. The van der Waals surface area contributed by atoms with Crippen LogP contribution in [-0.4, -0.2) is 41.0 Å². The van der Waals surface area contributed by atoms with Crippen LogP contribution in [0.3, 0.4) is 0 Å². The predicted octanol–water partition coefficient (Wildman–Crippen LogP) is 1.18. The standard InChI is InChI=1S/C13H19N5O2/c1-4-7-14-9-13-15-16-17-18(13)11-8-10(19-2)5-6-12(11)20-3/h5-6,8,14H,4,7,9H2,1-3H3. The Hall–Kier alpha value is -2.15. The van der Waals surface area contributed by atoms with Crippen LogP contribution < -0.4 is 14.8 Å². The van der Waals surface area contributed by atoms with Crippen molar-refractivity contribution < 1.29 is 9.47 Å². The third kappa shape index (κ3) is 3.05. The molecule has 0 radical (unpaired) electrons. The van der Waals surface area contributed by atoms with Crippen LogP contribution in [0.1, 0.15) is 19.2 Å². The molecule has 108 valence electrons. The van der Waals surface area contributed by atoms with E-state index in [0.717, 1.165) is 30.2 Å². The van der Waals surface area contributed by atoms with Gasteiger partial charge in [0, 0.05) is 6.07 Å². The highest BCUT2D eigenvalue weighted by Crippen LogP contribution is 2.27. The molecule has 0 amide bonds. The molecular weight excluding hydrogens is 258 g/mol. The van der Waals surface area contributed by atoms with Gasteiger partial charge in [-0.25, -0.2) is 0 Å². The second kappa shape index (κ2) is 6.85. The Morgan fingerprint density at radius 3 is 2.80 bits per heavy atom. The van der Waals surface area contributed by atoms with Gasteiger partial charge in [0.1, 0.15) is 17.2 Å². The van der Waals surface area contributed by atoms with E-state index in [0.29, 0.717) is 12.3 Å². The van der Waals surface area contributed by atoms with E-state index in [1.807, 2.05) is 18.2 Å². The molecule has 1 N–H and O–H groups in total. The van der Waals surface area contributed by atoms with Crippen molar-refractivity contribution >= 4 is 0 Å². The first-order chi connectivity index (χ1) is 9.80. The van der Waals surface area contributed by atoms with Gasteiger partial charge in [-0.1, -0.05) is 6.92 Å². The molecule has 2 rings (SSSR count). The third-order valence-electron chi connectivity index (χ3n) is 2.86. The molecule has 0 aliphatic rings. The molecule has 0 saturated carbocycles. The lowest BCUT2D eigenvalue weighted by Crippen LogP contribution is -2.18. The Balaban J connectivity index is 2.33. The number of nitrogens with zero attached hydrogens (tertiary/aromatic N) is 4. The lowest BCUT2D eigenvalue weighted by atomic mass is 10.2. The van der Waals surface area contributed by atoms with Gasteiger partial charge in [0.2, 0.25) is 0 Å². The minimum absolute atomic E-state index is 0.598. The second-order valence-corrected chi connectivity index (χ2v) is 4.22. The summed E-state index contributed by atoms with van der Waals surface area (Å²) in [4.78, 5) is 0. The average molecular weight is 277 g/mol. The number of benzene rings is 1. The summed E-state index contributed by atoms with van der Waals surface area (Å²) in [5.41, 5.74) is 0.755. The molecule has 0 unspecified atom stereocenters. The maximum absolute atomic E-state index is 5.36. The van der Waals surface area contributed by atoms with E-state index in [4.69, 9.17) is 9.47 Å². The lowest BCUT2D eigenvalue weighted by molar-refractivity contribution is 0.400. The van der Waals surface area contributed by atoms with E-state index in [1.165, 1.54) is 0 Å². The Kier molecular flexibility index (Phi) is 4.89. The zero-order valence-electron chi connectivity index (χ0n) is 12.0. The molecule has 7 heteroatoms. The average Bonchev–Trinajstić information content (AvgIpc) is 2.95. The Labute approximate surface area is 117 Å². The first-order valence-corrected chi connectivity index (χ1v) is 6.50. The van der Waals surface area contributed by atoms with Gasteiger partial charge in [-0.2, -0.15) is 4.68 Å². The maximum Gasteiger partial charge on any atom is 0.170 e. The van der Waals surface area contributed by atoms with Crippen molar-refractivity contribution in [3.05, 3.63) is 24.0 Å². The summed E-state index contributed by atoms with van der Waals surface area (Å²) < 4.78 is 12.3. The highest BCUT2D eigenvalue weighted by molar-refractivity contribution is 5.50. The minimum atomic E-state index is 0.598. The van der Waals surface area contributed by atoms with Crippen LogP contribution in [0.2, 0.25) is 0 Å². The van der Waals surface area contributed by atoms with Gasteiger partial charge in [-0.3, -0.25) is 0 Å². The lowest BCUT2D eigenvalue weighted by Gasteiger charge is -2.11. The monoisotopic (exact) mass is 277 g/mol. The molecule has 1 aromatic heterocycles. The van der Waals surface area contributed by atoms with Gasteiger partial charge in [0.15, 0.2) is 5.82 Å². The number of hydrogen-bond acceptors (Lipinski definition) is 6. The zero-order valence-corrected chi connectivity index (χ0v) is 12.0. The van der Waals surface area contributed by atoms with Crippen LogP contribution in [0, 0.1) is 0 Å². The van der Waals surface area contributed by atoms with Crippen LogP contribution in [0.15, 0.2) is 18.2 Å². The molecule has 0 saturated heterocycles. The number of methoxy groups -OCH3 is 2. The number of hydrogen-bond donors (Lipinski definition) is 1. The molecular formula is C13H19N5O2. The van der Waals surface area contributed by atoms with Crippen molar-refractivity contribution in [2.75, 3.05) is 20.8 Å². The molecule has 0 fully saturated rings. The SMILES string of the molecule is CCCNCc1nnnn1-c1cc(OC)ccc1OC. The molecule has 0 spiro atoms. The fourth-order valence-electron chi connectivity index (χ4n) is 1.84. The van der Waals surface area contributed by atoms with Crippen LogP contribution >= 0.6 is 0 Å². The van der Waals surface area contributed by atoms with E-state index in [2.05, 4.69) is 27.8 Å². The topological polar surface area (TPSA) is 74.1 Å². The third-order valence-corrected chi connectivity index (χ3v) is 2.86. The van der Waals surface area contributed by atoms with Gasteiger partial charge in [-0.15, -0.1) is 5.10 Å². The Bertz CT molecular complexity index is 555. The Morgan fingerprint density at radius 2 is 2.10 bits per heavy atom. The van der Waals surface area contributed by atoms with E-state index in [-0.39, 0.29) is 0 Å². The fraction of sp³-hybridized carbons (Fsp3) is 0.462. The molecule has 20 heavy (non-hydrogen) atoms. The van der Waals surface area contributed by atoms with Crippen LogP contribution in [0.4, 0.5) is 0 Å².